The van der Waals surface area contributed by atoms with E-state index >= 15 is 0 Å². The molecule has 0 spiro atoms. The third-order valence-electron chi connectivity index (χ3n) is 5.98. The molecule has 6 rings (SSSR count). The van der Waals surface area contributed by atoms with Crippen LogP contribution in [0.4, 0.5) is 5.69 Å². The van der Waals surface area contributed by atoms with Crippen molar-refractivity contribution in [2.75, 3.05) is 18.0 Å². The molecule has 2 unspecified atom stereocenters. The van der Waals surface area contributed by atoms with Gasteiger partial charge in [0.2, 0.25) is 0 Å². The second-order valence-corrected chi connectivity index (χ2v) is 7.91. The van der Waals surface area contributed by atoms with E-state index in [-0.39, 0.29) is 10.6 Å². The lowest BCUT2D eigenvalue weighted by atomic mass is 9.86. The molecule has 3 aliphatic heterocycles. The fraction of sp³-hybridized carbons (Fsp3) is 0.333. The highest BCUT2D eigenvalue weighted by atomic mass is 35.5. The van der Waals surface area contributed by atoms with Gasteiger partial charge in [0.25, 0.3) is 5.56 Å². The first-order valence-corrected chi connectivity index (χ1v) is 9.69. The number of rotatable bonds is 3. The van der Waals surface area contributed by atoms with E-state index in [9.17, 15) is 4.79 Å². The first-order valence-electron chi connectivity index (χ1n) is 9.31. The van der Waals surface area contributed by atoms with Crippen LogP contribution in [0.1, 0.15) is 12.0 Å². The molecule has 5 nitrogen and oxygen atoms in total. The second-order valence-electron chi connectivity index (χ2n) is 7.53. The monoisotopic (exact) mass is 380 g/mol. The molecule has 2 aromatic carbocycles. The first kappa shape index (κ1) is 16.8. The molecule has 0 N–H and O–H groups in total. The van der Waals surface area contributed by atoms with Crippen LogP contribution in [0.3, 0.4) is 0 Å². The minimum atomic E-state index is -0.235. The highest BCUT2D eigenvalue weighted by Gasteiger charge is 2.45. The van der Waals surface area contributed by atoms with Crippen LogP contribution in [0.25, 0.3) is 10.8 Å². The third-order valence-corrected chi connectivity index (χ3v) is 6.33. The fourth-order valence-electron chi connectivity index (χ4n) is 4.49. The molecule has 138 valence electrons. The number of aromatic nitrogens is 2. The normalized spacial score (nSPS) is 22.1. The first-order chi connectivity index (χ1) is 13.1. The maximum atomic E-state index is 12.1. The van der Waals surface area contributed by atoms with Crippen molar-refractivity contribution in [3.63, 3.8) is 0 Å². The largest absolute Gasteiger partial charge is 0.366 e. The molecule has 3 fully saturated rings. The van der Waals surface area contributed by atoms with E-state index in [0.717, 1.165) is 25.3 Å². The van der Waals surface area contributed by atoms with Crippen molar-refractivity contribution in [1.29, 1.82) is 0 Å². The van der Waals surface area contributed by atoms with Crippen molar-refractivity contribution < 1.29 is 0 Å². The second kappa shape index (κ2) is 6.36. The zero-order valence-corrected chi connectivity index (χ0v) is 15.9. The molecule has 2 atom stereocenters. The Bertz CT molecular complexity index is 1060. The predicted octanol–water partition coefficient (Wildman–Crippen LogP) is 3.05. The number of fused-ring (bicyclic) bond motifs is 3. The van der Waals surface area contributed by atoms with Crippen LogP contribution >= 0.6 is 11.6 Å². The molecule has 3 aliphatic rings. The number of benzene rings is 2. The van der Waals surface area contributed by atoms with Gasteiger partial charge in [-0.15, -0.1) is 0 Å². The molecule has 1 aromatic heterocycles. The minimum Gasteiger partial charge on any atom is -0.366 e. The van der Waals surface area contributed by atoms with Gasteiger partial charge in [-0.1, -0.05) is 54.1 Å². The number of piperidine rings is 1. The Hall–Kier alpha value is -2.37. The summed E-state index contributed by atoms with van der Waals surface area (Å²) in [5.74, 6) is 0. The SMILES string of the molecule is Cn1ncc(N2CC3CC(C2)N3Cc2cccc3ccccc23)c(Cl)c1=O. The molecular formula is C21H21ClN4O. The Morgan fingerprint density at radius 3 is 2.67 bits per heavy atom. The van der Waals surface area contributed by atoms with Crippen molar-refractivity contribution in [3.05, 3.63) is 69.6 Å². The maximum Gasteiger partial charge on any atom is 0.287 e. The van der Waals surface area contributed by atoms with E-state index in [2.05, 4.69) is 57.4 Å². The van der Waals surface area contributed by atoms with Gasteiger partial charge in [-0.25, -0.2) is 4.68 Å². The van der Waals surface area contributed by atoms with Crippen molar-refractivity contribution in [2.45, 2.75) is 25.0 Å². The third kappa shape index (κ3) is 2.73. The zero-order chi connectivity index (χ0) is 18.5. The lowest BCUT2D eigenvalue weighted by Crippen LogP contribution is -2.68. The van der Waals surface area contributed by atoms with Crippen LogP contribution in [0.5, 0.6) is 0 Å². The van der Waals surface area contributed by atoms with E-state index < -0.39 is 0 Å². The molecule has 27 heavy (non-hydrogen) atoms. The Kier molecular flexibility index (Phi) is 3.95. The number of hydrogen-bond donors (Lipinski definition) is 0. The molecule has 4 heterocycles. The van der Waals surface area contributed by atoms with Crippen molar-refractivity contribution >= 4 is 28.1 Å². The molecule has 0 amide bonds. The van der Waals surface area contributed by atoms with Gasteiger partial charge >= 0.3 is 0 Å². The molecular weight excluding hydrogens is 360 g/mol. The Morgan fingerprint density at radius 2 is 1.85 bits per heavy atom. The summed E-state index contributed by atoms with van der Waals surface area (Å²) in [5.41, 5.74) is 1.91. The van der Waals surface area contributed by atoms with E-state index in [1.54, 1.807) is 13.2 Å². The minimum absolute atomic E-state index is 0.235. The summed E-state index contributed by atoms with van der Waals surface area (Å²) in [5, 5.41) is 7.04. The van der Waals surface area contributed by atoms with Crippen molar-refractivity contribution in [1.82, 2.24) is 14.7 Å². The number of anilines is 1. The Labute approximate surface area is 162 Å². The quantitative estimate of drug-likeness (QED) is 0.700. The average molecular weight is 381 g/mol. The van der Waals surface area contributed by atoms with Gasteiger partial charge in [-0.3, -0.25) is 9.69 Å². The summed E-state index contributed by atoms with van der Waals surface area (Å²) in [6.07, 6.45) is 2.92. The van der Waals surface area contributed by atoms with Crippen molar-refractivity contribution in [3.8, 4) is 0 Å². The van der Waals surface area contributed by atoms with E-state index in [0.29, 0.717) is 12.1 Å². The fourth-order valence-corrected chi connectivity index (χ4v) is 4.78. The van der Waals surface area contributed by atoms with Crippen molar-refractivity contribution in [2.24, 2.45) is 7.05 Å². The van der Waals surface area contributed by atoms with Crippen LogP contribution in [-0.4, -0.2) is 39.9 Å². The topological polar surface area (TPSA) is 41.4 Å². The van der Waals surface area contributed by atoms with Gasteiger partial charge < -0.3 is 4.90 Å². The van der Waals surface area contributed by atoms with Gasteiger partial charge in [-0.2, -0.15) is 5.10 Å². The summed E-state index contributed by atoms with van der Waals surface area (Å²) >= 11 is 6.30. The lowest BCUT2D eigenvalue weighted by Gasteiger charge is -2.57. The van der Waals surface area contributed by atoms with Crippen LogP contribution < -0.4 is 10.5 Å². The molecule has 3 aromatic rings. The highest BCUT2D eigenvalue weighted by Crippen LogP contribution is 2.37. The molecule has 3 saturated heterocycles. The van der Waals surface area contributed by atoms with E-state index in [1.165, 1.54) is 27.4 Å². The maximum absolute atomic E-state index is 12.1. The molecule has 2 bridgehead atoms. The van der Waals surface area contributed by atoms with Crippen LogP contribution in [0.15, 0.2) is 53.5 Å². The summed E-state index contributed by atoms with van der Waals surface area (Å²) in [6.45, 7) is 2.73. The summed E-state index contributed by atoms with van der Waals surface area (Å²) < 4.78 is 1.28. The number of nitrogens with zero attached hydrogens (tertiary/aromatic N) is 4. The summed E-state index contributed by atoms with van der Waals surface area (Å²) in [6, 6.07) is 16.1. The van der Waals surface area contributed by atoms with Gasteiger partial charge in [-0.05, 0) is 22.8 Å². The van der Waals surface area contributed by atoms with Gasteiger partial charge in [0.1, 0.15) is 5.02 Å². The smallest absolute Gasteiger partial charge is 0.287 e. The van der Waals surface area contributed by atoms with E-state index in [4.69, 9.17) is 11.6 Å². The van der Waals surface area contributed by atoms with Crippen LogP contribution in [-0.2, 0) is 13.6 Å². The summed E-state index contributed by atoms with van der Waals surface area (Å²) in [7, 11) is 1.62. The van der Waals surface area contributed by atoms with Gasteiger partial charge in [0.05, 0.1) is 11.9 Å². The average Bonchev–Trinajstić information content (AvgIpc) is 2.70. The lowest BCUT2D eigenvalue weighted by molar-refractivity contribution is -0.00811. The number of halogens is 1. The number of hydrogen-bond acceptors (Lipinski definition) is 4. The van der Waals surface area contributed by atoms with E-state index in [1.807, 2.05) is 0 Å². The zero-order valence-electron chi connectivity index (χ0n) is 15.2. The Balaban J connectivity index is 1.36. The Morgan fingerprint density at radius 1 is 1.11 bits per heavy atom. The number of piperazine rings is 1. The van der Waals surface area contributed by atoms with Gasteiger partial charge in [0, 0.05) is 38.8 Å². The predicted molar refractivity (Wildman–Crippen MR) is 108 cm³/mol. The highest BCUT2D eigenvalue weighted by molar-refractivity contribution is 6.33. The number of aryl methyl sites for hydroxylation is 1. The molecule has 6 heteroatoms. The van der Waals surface area contributed by atoms with Gasteiger partial charge in [0.15, 0.2) is 0 Å². The van der Waals surface area contributed by atoms with Crippen LogP contribution in [0.2, 0.25) is 5.02 Å². The molecule has 0 aliphatic carbocycles. The standard InChI is InChI=1S/C21H21ClN4O/c1-24-21(27)20(22)19(10-23-24)25-12-16-9-17(13-25)26(16)11-15-7-4-6-14-5-2-3-8-18(14)15/h2-8,10,16-17H,9,11-13H2,1H3. The molecule has 0 saturated carbocycles. The molecule has 0 radical (unpaired) electrons. The van der Waals surface area contributed by atoms with Crippen LogP contribution in [0, 0.1) is 0 Å². The summed E-state index contributed by atoms with van der Waals surface area (Å²) in [4.78, 5) is 16.9.